The highest BCUT2D eigenvalue weighted by Crippen LogP contribution is 2.60. The van der Waals surface area contributed by atoms with Gasteiger partial charge in [-0.3, -0.25) is 4.79 Å². The molecule has 1 amide bonds. The van der Waals surface area contributed by atoms with E-state index in [9.17, 15) is 14.9 Å². The van der Waals surface area contributed by atoms with E-state index in [0.29, 0.717) is 29.2 Å². The Bertz CT molecular complexity index is 1350. The molecule has 0 radical (unpaired) electrons. The molecule has 0 saturated heterocycles. The summed E-state index contributed by atoms with van der Waals surface area (Å²) in [6.07, 6.45) is 0.696. The molecule has 8 nitrogen and oxygen atoms in total. The molecule has 164 valence electrons. The number of benzene rings is 1. The number of carbonyl (C=O) groups excluding carboxylic acids is 1. The number of carbonyl (C=O) groups is 1. The maximum Gasteiger partial charge on any atom is 0.344 e. The summed E-state index contributed by atoms with van der Waals surface area (Å²) in [7, 11) is 1.54. The molecule has 32 heavy (non-hydrogen) atoms. The average molecular weight is 433 g/mol. The molecule has 0 aliphatic carbocycles. The third-order valence-corrected chi connectivity index (χ3v) is 6.81. The molecule has 5 rings (SSSR count). The Morgan fingerprint density at radius 3 is 2.66 bits per heavy atom. The molecule has 0 fully saturated rings. The lowest BCUT2D eigenvalue weighted by Gasteiger charge is -2.44. The molecular formula is C24H23N3O5. The van der Waals surface area contributed by atoms with Crippen molar-refractivity contribution in [2.75, 3.05) is 12.0 Å². The summed E-state index contributed by atoms with van der Waals surface area (Å²) in [5.74, 6) is 0.447. The van der Waals surface area contributed by atoms with Crippen molar-refractivity contribution in [1.82, 2.24) is 0 Å². The number of hydrogen-bond acceptors (Lipinski definition) is 7. The van der Waals surface area contributed by atoms with E-state index >= 15 is 0 Å². The van der Waals surface area contributed by atoms with Gasteiger partial charge in [-0.15, -0.1) is 0 Å². The van der Waals surface area contributed by atoms with E-state index in [1.54, 1.807) is 17.9 Å². The molecule has 2 aromatic rings. The topological polar surface area (TPSA) is 119 Å². The Morgan fingerprint density at radius 1 is 1.28 bits per heavy atom. The van der Waals surface area contributed by atoms with Gasteiger partial charge in [0, 0.05) is 17.2 Å². The fourth-order valence-electron chi connectivity index (χ4n) is 5.67. The van der Waals surface area contributed by atoms with Gasteiger partial charge in [-0.25, -0.2) is 4.79 Å². The predicted octanol–water partition coefficient (Wildman–Crippen LogP) is 2.96. The molecule has 0 saturated carbocycles. The maximum absolute atomic E-state index is 14.4. The van der Waals surface area contributed by atoms with E-state index in [1.165, 1.54) is 13.2 Å². The average Bonchev–Trinajstić information content (AvgIpc) is 2.95. The zero-order valence-electron chi connectivity index (χ0n) is 18.5. The van der Waals surface area contributed by atoms with Gasteiger partial charge < -0.3 is 24.5 Å². The molecule has 4 heterocycles. The van der Waals surface area contributed by atoms with E-state index in [1.807, 2.05) is 19.9 Å². The van der Waals surface area contributed by atoms with Crippen LogP contribution in [-0.4, -0.2) is 18.6 Å². The number of hydrogen-bond donors (Lipinski definition) is 1. The number of rotatable bonds is 1. The number of fused-ring (bicyclic) bond motifs is 3. The van der Waals surface area contributed by atoms with Gasteiger partial charge in [0.25, 0.3) is 0 Å². The van der Waals surface area contributed by atoms with Gasteiger partial charge in [0.1, 0.15) is 34.5 Å². The quantitative estimate of drug-likeness (QED) is 0.734. The number of anilines is 1. The van der Waals surface area contributed by atoms with Crippen molar-refractivity contribution in [3.05, 3.63) is 62.5 Å². The Kier molecular flexibility index (Phi) is 3.89. The molecular weight excluding hydrogens is 410 g/mol. The van der Waals surface area contributed by atoms with Crippen molar-refractivity contribution >= 4 is 11.6 Å². The number of amides is 1. The van der Waals surface area contributed by atoms with E-state index in [-0.39, 0.29) is 28.7 Å². The first-order valence-corrected chi connectivity index (χ1v) is 10.4. The molecule has 1 aromatic heterocycles. The molecule has 3 aliphatic rings. The van der Waals surface area contributed by atoms with Gasteiger partial charge in [-0.1, -0.05) is 6.92 Å². The summed E-state index contributed by atoms with van der Waals surface area (Å²) in [6, 6.07) is 7.20. The van der Waals surface area contributed by atoms with Gasteiger partial charge in [0.15, 0.2) is 5.41 Å². The lowest BCUT2D eigenvalue weighted by molar-refractivity contribution is -0.122. The zero-order valence-corrected chi connectivity index (χ0v) is 18.5. The number of nitriles is 1. The predicted molar refractivity (Wildman–Crippen MR) is 116 cm³/mol. The van der Waals surface area contributed by atoms with Gasteiger partial charge in [0.2, 0.25) is 11.8 Å². The molecule has 8 heteroatoms. The second-order valence-corrected chi connectivity index (χ2v) is 9.26. The minimum Gasteiger partial charge on any atom is -0.497 e. The smallest absolute Gasteiger partial charge is 0.344 e. The van der Waals surface area contributed by atoms with E-state index < -0.39 is 22.5 Å². The summed E-state index contributed by atoms with van der Waals surface area (Å²) in [6.45, 7) is 7.66. The fourth-order valence-corrected chi connectivity index (χ4v) is 5.67. The first-order chi connectivity index (χ1) is 15.1. The van der Waals surface area contributed by atoms with Gasteiger partial charge in [-0.2, -0.15) is 5.26 Å². The summed E-state index contributed by atoms with van der Waals surface area (Å²) in [5, 5.41) is 10.2. The standard InChI is InChI=1S/C24H23N3O5/c1-11-9-23(3,4)27-19-14(11)7-13(30-5)8-15(19)24(22(27)29)16(10-25)20(26)32-17-6-12(2)31-21(28)18(17)24/h6-8,11H,9,26H2,1-5H3/t11-,24-/m1/s1. The van der Waals surface area contributed by atoms with Crippen LogP contribution < -0.4 is 25.7 Å². The molecule has 2 atom stereocenters. The van der Waals surface area contributed by atoms with Crippen LogP contribution >= 0.6 is 0 Å². The Balaban J connectivity index is 2.02. The highest BCUT2D eigenvalue weighted by molar-refractivity contribution is 6.16. The van der Waals surface area contributed by atoms with E-state index in [2.05, 4.69) is 13.0 Å². The van der Waals surface area contributed by atoms with Crippen molar-refractivity contribution in [3.63, 3.8) is 0 Å². The second-order valence-electron chi connectivity index (χ2n) is 9.26. The number of nitrogens with two attached hydrogens (primary N) is 1. The van der Waals surface area contributed by atoms with Crippen LogP contribution in [0.3, 0.4) is 0 Å². The van der Waals surface area contributed by atoms with Crippen LogP contribution in [0.5, 0.6) is 11.5 Å². The van der Waals surface area contributed by atoms with Crippen molar-refractivity contribution in [3.8, 4) is 17.6 Å². The Morgan fingerprint density at radius 2 is 2.00 bits per heavy atom. The zero-order chi connectivity index (χ0) is 23.2. The third kappa shape index (κ3) is 2.20. The van der Waals surface area contributed by atoms with Crippen LogP contribution in [0.4, 0.5) is 5.69 Å². The van der Waals surface area contributed by atoms with Crippen LogP contribution in [-0.2, 0) is 10.2 Å². The number of nitrogens with zero attached hydrogens (tertiary/aromatic N) is 2. The summed E-state index contributed by atoms with van der Waals surface area (Å²) >= 11 is 0. The van der Waals surface area contributed by atoms with Crippen LogP contribution in [0.25, 0.3) is 0 Å². The third-order valence-electron chi connectivity index (χ3n) is 6.81. The Labute approximate surface area is 184 Å². The monoisotopic (exact) mass is 433 g/mol. The largest absolute Gasteiger partial charge is 0.497 e. The van der Waals surface area contributed by atoms with Crippen molar-refractivity contribution in [2.24, 2.45) is 5.73 Å². The first kappa shape index (κ1) is 20.2. The highest BCUT2D eigenvalue weighted by atomic mass is 16.5. The van der Waals surface area contributed by atoms with E-state index in [4.69, 9.17) is 19.6 Å². The van der Waals surface area contributed by atoms with Crippen LogP contribution in [0.15, 0.2) is 38.9 Å². The van der Waals surface area contributed by atoms with Gasteiger partial charge in [-0.05, 0) is 50.8 Å². The SMILES string of the molecule is COc1cc2c3c(c1)[C@@]1(C(=O)N3C(C)(C)C[C@H]2C)C(C#N)=C(N)Oc2cc(C)oc(=O)c21. The summed E-state index contributed by atoms with van der Waals surface area (Å²) < 4.78 is 16.6. The number of ether oxygens (including phenoxy) is 2. The first-order valence-electron chi connectivity index (χ1n) is 10.4. The van der Waals surface area contributed by atoms with E-state index in [0.717, 1.165) is 5.56 Å². The molecule has 2 N–H and O–H groups in total. The fraction of sp³-hybridized carbons (Fsp3) is 0.375. The van der Waals surface area contributed by atoms with Crippen molar-refractivity contribution in [1.29, 1.82) is 5.26 Å². The van der Waals surface area contributed by atoms with Gasteiger partial charge in [0.05, 0.1) is 12.8 Å². The minimum absolute atomic E-state index is 0.0350. The second kappa shape index (κ2) is 6.16. The summed E-state index contributed by atoms with van der Waals surface area (Å²) in [5.41, 5.74) is 5.04. The molecule has 0 bridgehead atoms. The van der Waals surface area contributed by atoms with Crippen LogP contribution in [0.1, 0.15) is 55.6 Å². The normalized spacial score (nSPS) is 24.7. The maximum atomic E-state index is 14.4. The molecule has 1 aromatic carbocycles. The van der Waals surface area contributed by atoms with Crippen LogP contribution in [0, 0.1) is 18.3 Å². The van der Waals surface area contributed by atoms with Crippen molar-refractivity contribution < 1.29 is 18.7 Å². The lowest BCUT2D eigenvalue weighted by Crippen LogP contribution is -2.55. The number of aryl methyl sites for hydroxylation is 1. The van der Waals surface area contributed by atoms with Crippen LogP contribution in [0.2, 0.25) is 0 Å². The summed E-state index contributed by atoms with van der Waals surface area (Å²) in [4.78, 5) is 29.3. The molecule has 3 aliphatic heterocycles. The Hall–Kier alpha value is -3.73. The lowest BCUT2D eigenvalue weighted by atomic mass is 9.69. The minimum atomic E-state index is -1.78. The number of methoxy groups -OCH3 is 1. The molecule has 0 unspecified atom stereocenters. The molecule has 1 spiro atoms. The highest BCUT2D eigenvalue weighted by Gasteiger charge is 2.64. The van der Waals surface area contributed by atoms with Gasteiger partial charge >= 0.3 is 5.63 Å². The van der Waals surface area contributed by atoms with Crippen molar-refractivity contribution in [2.45, 2.75) is 51.0 Å².